The maximum Gasteiger partial charge on any atom is 0.333 e. The van der Waals surface area contributed by atoms with Gasteiger partial charge in [-0.2, -0.15) is 0 Å². The first kappa shape index (κ1) is 12.2. The monoisotopic (exact) mass is 211 g/mol. The van der Waals surface area contributed by atoms with Crippen LogP contribution < -0.4 is 5.32 Å². The lowest BCUT2D eigenvalue weighted by Crippen LogP contribution is -2.19. The second-order valence-electron chi connectivity index (χ2n) is 4.18. The maximum atomic E-state index is 11.1. The van der Waals surface area contributed by atoms with E-state index in [9.17, 15) is 4.79 Å². The van der Waals surface area contributed by atoms with Crippen LogP contribution >= 0.6 is 0 Å². The van der Waals surface area contributed by atoms with Gasteiger partial charge in [0.2, 0.25) is 0 Å². The summed E-state index contributed by atoms with van der Waals surface area (Å²) in [5, 5.41) is 3.42. The summed E-state index contributed by atoms with van der Waals surface area (Å²) in [6.07, 6.45) is 5.77. The van der Waals surface area contributed by atoms with E-state index >= 15 is 0 Å². The molecule has 0 saturated heterocycles. The fourth-order valence-electron chi connectivity index (χ4n) is 1.80. The second-order valence-corrected chi connectivity index (χ2v) is 4.18. The van der Waals surface area contributed by atoms with E-state index in [2.05, 4.69) is 17.0 Å². The van der Waals surface area contributed by atoms with Gasteiger partial charge < -0.3 is 10.1 Å². The topological polar surface area (TPSA) is 38.3 Å². The van der Waals surface area contributed by atoms with E-state index in [1.165, 1.54) is 26.4 Å². The molecule has 0 heterocycles. The Labute approximate surface area is 91.9 Å². The Kier molecular flexibility index (Phi) is 4.82. The molecule has 1 saturated carbocycles. The average molecular weight is 211 g/mol. The third-order valence-corrected chi connectivity index (χ3v) is 2.88. The highest BCUT2D eigenvalue weighted by atomic mass is 16.5. The van der Waals surface area contributed by atoms with E-state index in [1.54, 1.807) is 6.92 Å². The van der Waals surface area contributed by atoms with Gasteiger partial charge in [-0.25, -0.2) is 4.79 Å². The Bertz CT molecular complexity index is 248. The van der Waals surface area contributed by atoms with Crippen LogP contribution in [0.15, 0.2) is 11.6 Å². The molecule has 0 spiro atoms. The molecule has 0 amide bonds. The normalized spacial score (nSPS) is 25.1. The largest absolute Gasteiger partial charge is 0.466 e. The van der Waals surface area contributed by atoms with E-state index in [0.29, 0.717) is 11.6 Å². The van der Waals surface area contributed by atoms with Crippen molar-refractivity contribution in [3.8, 4) is 0 Å². The van der Waals surface area contributed by atoms with Gasteiger partial charge in [0.25, 0.3) is 0 Å². The van der Waals surface area contributed by atoms with Crippen molar-refractivity contribution in [1.82, 2.24) is 5.32 Å². The zero-order valence-corrected chi connectivity index (χ0v) is 9.88. The predicted octanol–water partition coefficient (Wildman–Crippen LogP) is 1.88. The summed E-state index contributed by atoms with van der Waals surface area (Å²) in [6.45, 7) is 4.77. The molecular weight excluding hydrogens is 190 g/mol. The molecule has 0 bridgehead atoms. The number of esters is 1. The van der Waals surface area contributed by atoms with Crippen LogP contribution in [0, 0.1) is 5.92 Å². The first-order valence-corrected chi connectivity index (χ1v) is 5.67. The molecule has 1 fully saturated rings. The minimum absolute atomic E-state index is 0.238. The molecular formula is C12H21NO2. The molecule has 3 nitrogen and oxygen atoms in total. The number of hydrogen-bond acceptors (Lipinski definition) is 3. The highest BCUT2D eigenvalue weighted by molar-refractivity contribution is 5.87. The summed E-state index contributed by atoms with van der Waals surface area (Å²) in [7, 11) is 1.41. The first-order valence-electron chi connectivity index (χ1n) is 5.67. The van der Waals surface area contributed by atoms with Crippen molar-refractivity contribution in [1.29, 1.82) is 0 Å². The van der Waals surface area contributed by atoms with Crippen molar-refractivity contribution in [2.75, 3.05) is 13.7 Å². The van der Waals surface area contributed by atoms with Crippen molar-refractivity contribution in [2.45, 2.75) is 39.2 Å². The molecule has 0 aromatic carbocycles. The van der Waals surface area contributed by atoms with Crippen LogP contribution in [0.1, 0.15) is 33.1 Å². The summed E-state index contributed by atoms with van der Waals surface area (Å²) in [5.74, 6) is 0.625. The van der Waals surface area contributed by atoms with E-state index in [1.807, 2.05) is 6.08 Å². The van der Waals surface area contributed by atoms with Gasteiger partial charge in [0.15, 0.2) is 0 Å². The Balaban J connectivity index is 2.14. The number of methoxy groups -OCH3 is 1. The van der Waals surface area contributed by atoms with E-state index in [4.69, 9.17) is 0 Å². The zero-order valence-electron chi connectivity index (χ0n) is 9.88. The van der Waals surface area contributed by atoms with E-state index < -0.39 is 0 Å². The molecule has 1 aliphatic carbocycles. The molecule has 1 aliphatic rings. The van der Waals surface area contributed by atoms with E-state index in [-0.39, 0.29) is 5.97 Å². The third-order valence-electron chi connectivity index (χ3n) is 2.88. The molecule has 1 N–H and O–H groups in total. The molecule has 3 heteroatoms. The van der Waals surface area contributed by atoms with Gasteiger partial charge in [0, 0.05) is 18.2 Å². The Morgan fingerprint density at radius 3 is 2.93 bits per heavy atom. The van der Waals surface area contributed by atoms with Crippen molar-refractivity contribution in [3.05, 3.63) is 11.6 Å². The number of ether oxygens (including phenoxy) is 1. The Morgan fingerprint density at radius 1 is 1.60 bits per heavy atom. The smallest absolute Gasteiger partial charge is 0.333 e. The standard InChI is InChI=1S/C12H21NO2/c1-4-5-10-8-11(10)13-7-6-9(2)12(14)15-3/h6,10-11,13H,4-5,7-8H2,1-3H3/b9-6-. The maximum absolute atomic E-state index is 11.1. The molecule has 0 aliphatic heterocycles. The number of carbonyl (C=O) groups is 1. The lowest BCUT2D eigenvalue weighted by molar-refractivity contribution is -0.136. The zero-order chi connectivity index (χ0) is 11.3. The summed E-state index contributed by atoms with van der Waals surface area (Å²) < 4.78 is 4.61. The molecule has 2 atom stereocenters. The van der Waals surface area contributed by atoms with Gasteiger partial charge in [0.05, 0.1) is 7.11 Å². The van der Waals surface area contributed by atoms with Gasteiger partial charge in [-0.1, -0.05) is 19.4 Å². The van der Waals surface area contributed by atoms with Crippen LogP contribution in [0.4, 0.5) is 0 Å². The van der Waals surface area contributed by atoms with Crippen molar-refractivity contribution >= 4 is 5.97 Å². The van der Waals surface area contributed by atoms with Crippen LogP contribution in [0.2, 0.25) is 0 Å². The van der Waals surface area contributed by atoms with Gasteiger partial charge in [0.1, 0.15) is 0 Å². The fourth-order valence-corrected chi connectivity index (χ4v) is 1.80. The quantitative estimate of drug-likeness (QED) is 0.538. The molecule has 1 rings (SSSR count). The SMILES string of the molecule is CCCC1CC1NC/C=C(/C)C(=O)OC. The molecule has 0 aromatic rings. The van der Waals surface area contributed by atoms with Crippen LogP contribution in [0.25, 0.3) is 0 Å². The first-order chi connectivity index (χ1) is 7.19. The fraction of sp³-hybridized carbons (Fsp3) is 0.750. The predicted molar refractivity (Wildman–Crippen MR) is 60.6 cm³/mol. The highest BCUT2D eigenvalue weighted by Gasteiger charge is 2.34. The summed E-state index contributed by atoms with van der Waals surface area (Å²) in [6, 6.07) is 0.673. The highest BCUT2D eigenvalue weighted by Crippen LogP contribution is 2.34. The van der Waals surface area contributed by atoms with Crippen molar-refractivity contribution in [3.63, 3.8) is 0 Å². The summed E-state index contributed by atoms with van der Waals surface area (Å²) in [4.78, 5) is 11.1. The number of nitrogens with one attached hydrogen (secondary N) is 1. The molecule has 0 aromatic heterocycles. The van der Waals surface area contributed by atoms with Gasteiger partial charge in [-0.15, -0.1) is 0 Å². The van der Waals surface area contributed by atoms with Crippen LogP contribution in [0.3, 0.4) is 0 Å². The summed E-state index contributed by atoms with van der Waals surface area (Å²) in [5.41, 5.74) is 0.678. The average Bonchev–Trinajstić information content (AvgIpc) is 2.96. The number of hydrogen-bond donors (Lipinski definition) is 1. The summed E-state index contributed by atoms with van der Waals surface area (Å²) >= 11 is 0. The van der Waals surface area contributed by atoms with Crippen molar-refractivity contribution < 1.29 is 9.53 Å². The van der Waals surface area contributed by atoms with Gasteiger partial charge >= 0.3 is 5.97 Å². The van der Waals surface area contributed by atoms with Gasteiger partial charge in [-0.3, -0.25) is 0 Å². The lowest BCUT2D eigenvalue weighted by atomic mass is 10.2. The number of carbonyl (C=O) groups excluding carboxylic acids is 1. The van der Waals surface area contributed by atoms with Crippen LogP contribution in [-0.4, -0.2) is 25.7 Å². The number of rotatable bonds is 6. The molecule has 86 valence electrons. The van der Waals surface area contributed by atoms with Crippen LogP contribution in [-0.2, 0) is 9.53 Å². The lowest BCUT2D eigenvalue weighted by Gasteiger charge is -2.01. The van der Waals surface area contributed by atoms with Crippen molar-refractivity contribution in [2.24, 2.45) is 5.92 Å². The minimum atomic E-state index is -0.238. The second kappa shape index (κ2) is 5.91. The Morgan fingerprint density at radius 2 is 2.33 bits per heavy atom. The van der Waals surface area contributed by atoms with Gasteiger partial charge in [-0.05, 0) is 25.7 Å². The minimum Gasteiger partial charge on any atom is -0.466 e. The molecule has 2 unspecified atom stereocenters. The molecule has 0 radical (unpaired) electrons. The third kappa shape index (κ3) is 4.04. The Hall–Kier alpha value is -0.830. The van der Waals surface area contributed by atoms with Crippen LogP contribution in [0.5, 0.6) is 0 Å². The molecule has 15 heavy (non-hydrogen) atoms. The van der Waals surface area contributed by atoms with E-state index in [0.717, 1.165) is 12.5 Å².